The van der Waals surface area contributed by atoms with Gasteiger partial charge in [-0.3, -0.25) is 10.1 Å². The number of nitrogens with zero attached hydrogens (tertiary/aromatic N) is 2. The fraction of sp³-hybridized carbons (Fsp3) is 0.315. The molecule has 9 rings (SSSR count). The van der Waals surface area contributed by atoms with Crippen LogP contribution in [0.4, 0.5) is 5.69 Å². The molecule has 6 atom stereocenters. The summed E-state index contributed by atoms with van der Waals surface area (Å²) in [6.07, 6.45) is 9.38. The minimum Gasteiger partial charge on any atom is -0.460 e. The van der Waals surface area contributed by atoms with Crippen LogP contribution < -0.4 is 9.47 Å². The number of aliphatic hydroxyl groups excluding tert-OH is 2. The van der Waals surface area contributed by atoms with Gasteiger partial charge in [0.25, 0.3) is 5.69 Å². The molecular weight excluding hydrogens is 837 g/mol. The van der Waals surface area contributed by atoms with Crippen LogP contribution in [0, 0.1) is 27.9 Å². The second kappa shape index (κ2) is 20.0. The molecule has 10 nitrogen and oxygen atoms in total. The molecule has 1 aliphatic heterocycles. The number of unbranched alkanes of at least 4 members (excludes halogenated alkanes) is 2. The molecule has 6 aromatic rings. The summed E-state index contributed by atoms with van der Waals surface area (Å²) >= 11 is 1.71. The number of oxime groups is 1. The first-order valence-corrected chi connectivity index (χ1v) is 23.5. The van der Waals surface area contributed by atoms with Crippen LogP contribution in [-0.4, -0.2) is 51.7 Å². The van der Waals surface area contributed by atoms with Crippen LogP contribution >= 0.6 is 11.8 Å². The maximum absolute atomic E-state index is 11.4. The third kappa shape index (κ3) is 9.42. The minimum atomic E-state index is -1.17. The Balaban J connectivity index is 1.19. The lowest BCUT2D eigenvalue weighted by Crippen LogP contribution is -2.64. The van der Waals surface area contributed by atoms with Crippen molar-refractivity contribution in [3.8, 4) is 17.2 Å². The van der Waals surface area contributed by atoms with Gasteiger partial charge in [-0.1, -0.05) is 90.8 Å². The highest BCUT2D eigenvalue weighted by atomic mass is 32.2. The molecule has 1 heterocycles. The van der Waals surface area contributed by atoms with Crippen molar-refractivity contribution in [3.63, 3.8) is 0 Å². The van der Waals surface area contributed by atoms with Crippen LogP contribution in [0.25, 0.3) is 21.5 Å². The Morgan fingerprint density at radius 1 is 0.815 bits per heavy atom. The Hall–Kier alpha value is -5.98. The van der Waals surface area contributed by atoms with E-state index in [1.807, 2.05) is 36.4 Å². The van der Waals surface area contributed by atoms with E-state index in [0.29, 0.717) is 25.0 Å². The summed E-state index contributed by atoms with van der Waals surface area (Å²) in [4.78, 5) is 18.3. The Kier molecular flexibility index (Phi) is 13.6. The number of aliphatic hydroxyl groups is 2. The fourth-order valence-corrected chi connectivity index (χ4v) is 11.5. The van der Waals surface area contributed by atoms with Gasteiger partial charge in [0.15, 0.2) is 0 Å². The minimum absolute atomic E-state index is 0.0133. The summed E-state index contributed by atoms with van der Waals surface area (Å²) in [5, 5.41) is 40.5. The van der Waals surface area contributed by atoms with Crippen LogP contribution in [0.15, 0.2) is 162 Å². The molecule has 0 saturated heterocycles. The van der Waals surface area contributed by atoms with E-state index in [-0.39, 0.29) is 61.0 Å². The lowest BCUT2D eigenvalue weighted by Gasteiger charge is -2.58. The first-order valence-electron chi connectivity index (χ1n) is 22.6. The van der Waals surface area contributed by atoms with E-state index in [9.17, 15) is 20.3 Å². The number of hydrogen-bond donors (Lipinski definition) is 2. The molecule has 0 aromatic heterocycles. The highest BCUT2D eigenvalue weighted by Crippen LogP contribution is 2.63. The number of rotatable bonds is 19. The maximum atomic E-state index is 11.4. The zero-order chi connectivity index (χ0) is 44.8. The van der Waals surface area contributed by atoms with E-state index in [1.54, 1.807) is 30.0 Å². The van der Waals surface area contributed by atoms with Gasteiger partial charge in [0, 0.05) is 48.1 Å². The highest BCUT2D eigenvalue weighted by molar-refractivity contribution is 8.00. The molecule has 3 aliphatic rings. The molecule has 1 saturated carbocycles. The Morgan fingerprint density at radius 2 is 1.49 bits per heavy atom. The normalized spacial score (nSPS) is 22.7. The largest absolute Gasteiger partial charge is 0.460 e. The number of thioether (sulfide) groups is 1. The second-order valence-electron chi connectivity index (χ2n) is 17.2. The van der Waals surface area contributed by atoms with Gasteiger partial charge in [0.2, 0.25) is 5.79 Å². The van der Waals surface area contributed by atoms with Gasteiger partial charge < -0.3 is 29.3 Å². The molecule has 11 heteroatoms. The van der Waals surface area contributed by atoms with Crippen LogP contribution in [0.2, 0.25) is 0 Å². The third-order valence-corrected chi connectivity index (χ3v) is 14.4. The Morgan fingerprint density at radius 3 is 2.22 bits per heavy atom. The number of hydrogen-bond acceptors (Lipinski definition) is 10. The predicted molar refractivity (Wildman–Crippen MR) is 257 cm³/mol. The van der Waals surface area contributed by atoms with E-state index in [1.165, 1.54) is 12.1 Å². The van der Waals surface area contributed by atoms with Crippen molar-refractivity contribution < 1.29 is 34.2 Å². The van der Waals surface area contributed by atoms with Gasteiger partial charge in [0.1, 0.15) is 23.9 Å². The highest BCUT2D eigenvalue weighted by Gasteiger charge is 2.64. The topological polar surface area (TPSA) is 133 Å². The van der Waals surface area contributed by atoms with Crippen LogP contribution in [0.1, 0.15) is 62.0 Å². The van der Waals surface area contributed by atoms with Gasteiger partial charge in [-0.2, -0.15) is 0 Å². The standard InChI is InChI=1S/C54H54N2O8S/c1-2-29-61-54-51(65-45-25-20-38-12-4-6-14-40(38)31-45)34-49(55-62-35-36-17-21-42(22-18-36)56(59)60)47-32-41(15-7-9-27-57)46(16-8-10-28-58)52(53(47)54)48-33-44(24-26-50(48)64-54)63-43-23-19-37-11-3-5-13-39(37)30-43/h2-6,11-14,17-26,30-33,41,46,51-53,57-58H,1,7-10,15-16,27-29,34-35H2/t41-,46+,51-,52+,53+,54+/m0/s1. The van der Waals surface area contributed by atoms with Crippen LogP contribution in [-0.2, 0) is 16.2 Å². The number of nitro benzene ring substituents is 1. The molecule has 0 bridgehead atoms. The number of fused-ring (bicyclic) bond motifs is 4. The molecule has 2 N–H and O–H groups in total. The molecule has 65 heavy (non-hydrogen) atoms. The molecule has 0 radical (unpaired) electrons. The van der Waals surface area contributed by atoms with Crippen molar-refractivity contribution in [1.29, 1.82) is 0 Å². The van der Waals surface area contributed by atoms with Crippen molar-refractivity contribution >= 4 is 44.7 Å². The Bertz CT molecular complexity index is 2720. The lowest BCUT2D eigenvalue weighted by molar-refractivity contribution is -0.384. The number of ether oxygens (including phenoxy) is 3. The third-order valence-electron chi connectivity index (χ3n) is 13.1. The first kappa shape index (κ1) is 44.2. The van der Waals surface area contributed by atoms with Crippen molar-refractivity contribution in [2.75, 3.05) is 19.8 Å². The molecule has 0 unspecified atom stereocenters. The van der Waals surface area contributed by atoms with E-state index in [2.05, 4.69) is 79.4 Å². The lowest BCUT2D eigenvalue weighted by atomic mass is 9.56. The van der Waals surface area contributed by atoms with Crippen LogP contribution in [0.3, 0.4) is 0 Å². The monoisotopic (exact) mass is 890 g/mol. The van der Waals surface area contributed by atoms with Crippen molar-refractivity contribution in [2.24, 2.45) is 22.9 Å². The van der Waals surface area contributed by atoms with Crippen molar-refractivity contribution in [3.05, 3.63) is 173 Å². The average Bonchev–Trinajstić information content (AvgIpc) is 3.33. The van der Waals surface area contributed by atoms with Gasteiger partial charge in [-0.05, 0) is 125 Å². The van der Waals surface area contributed by atoms with E-state index >= 15 is 0 Å². The van der Waals surface area contributed by atoms with Crippen LogP contribution in [0.5, 0.6) is 17.2 Å². The van der Waals surface area contributed by atoms with E-state index in [0.717, 1.165) is 86.0 Å². The molecule has 0 spiro atoms. The zero-order valence-corrected chi connectivity index (χ0v) is 37.1. The Labute approximate surface area is 383 Å². The molecule has 0 amide bonds. The summed E-state index contributed by atoms with van der Waals surface area (Å²) in [6, 6.07) is 41.7. The number of benzene rings is 6. The number of allylic oxidation sites excluding steroid dienone is 1. The quantitative estimate of drug-likeness (QED) is 0.0353. The molecule has 2 aliphatic carbocycles. The fourth-order valence-electron chi connectivity index (χ4n) is 10.2. The smallest absolute Gasteiger partial charge is 0.269 e. The molecular formula is C54H54N2O8S. The summed E-state index contributed by atoms with van der Waals surface area (Å²) in [5.41, 5.74) is 3.61. The summed E-state index contributed by atoms with van der Waals surface area (Å²) < 4.78 is 21.3. The second-order valence-corrected chi connectivity index (χ2v) is 18.5. The van der Waals surface area contributed by atoms with Gasteiger partial charge >= 0.3 is 0 Å². The summed E-state index contributed by atoms with van der Waals surface area (Å²) in [7, 11) is 0. The van der Waals surface area contributed by atoms with Crippen molar-refractivity contribution in [2.45, 2.75) is 73.4 Å². The number of nitro groups is 1. The predicted octanol–water partition coefficient (Wildman–Crippen LogP) is 12.3. The van der Waals surface area contributed by atoms with Gasteiger partial charge in [-0.25, -0.2) is 0 Å². The van der Waals surface area contributed by atoms with Gasteiger partial charge in [0.05, 0.1) is 28.4 Å². The van der Waals surface area contributed by atoms with E-state index in [4.69, 9.17) is 24.2 Å². The maximum Gasteiger partial charge on any atom is 0.269 e. The molecule has 6 aromatic carbocycles. The first-order chi connectivity index (χ1) is 31.9. The molecule has 1 fully saturated rings. The summed E-state index contributed by atoms with van der Waals surface area (Å²) in [5.74, 6) is 0.759. The average molecular weight is 891 g/mol. The van der Waals surface area contributed by atoms with Crippen molar-refractivity contribution in [1.82, 2.24) is 0 Å². The SMILES string of the molecule is C=CCO[C@@]12Oc3ccc(Oc4ccc5ccccc5c4)cc3[C@H]3[C@H](CCCCO)[C@@H](CCCCO)C=C(C(=NOCc4ccc([N+](=O)[O-])cc4)C[C@@H]1Sc1ccc4ccccc4c1)[C@H]32. The van der Waals surface area contributed by atoms with Gasteiger partial charge in [-0.15, -0.1) is 18.3 Å². The molecule has 334 valence electrons. The van der Waals surface area contributed by atoms with E-state index < -0.39 is 10.7 Å². The summed E-state index contributed by atoms with van der Waals surface area (Å²) in [6.45, 7) is 4.69. The number of non-ortho nitro benzene ring substituents is 1. The zero-order valence-electron chi connectivity index (χ0n) is 36.3.